The van der Waals surface area contributed by atoms with Crippen molar-refractivity contribution in [2.75, 3.05) is 0 Å². The monoisotopic (exact) mass is 292 g/mol. The Hall–Kier alpha value is -0.860. The molecule has 0 aromatic carbocycles. The predicted octanol–water partition coefficient (Wildman–Crippen LogP) is 4.06. The van der Waals surface area contributed by atoms with Gasteiger partial charge in [-0.1, -0.05) is 25.0 Å². The second kappa shape index (κ2) is 3.72. The molecule has 2 nitrogen and oxygen atoms in total. The van der Waals surface area contributed by atoms with Crippen molar-refractivity contribution in [2.24, 2.45) is 40.9 Å². The van der Waals surface area contributed by atoms with E-state index in [-0.39, 0.29) is 17.8 Å². The van der Waals surface area contributed by atoms with E-state index in [9.17, 15) is 9.90 Å². The van der Waals surface area contributed by atoms with Crippen LogP contribution in [0.15, 0.2) is 11.1 Å². The molecular weight excluding hydrogens is 267 g/mol. The number of halogens is 1. The molecule has 3 fully saturated rings. The van der Waals surface area contributed by atoms with Gasteiger partial charge in [-0.05, 0) is 62.7 Å². The third kappa shape index (κ3) is 1.18. The quantitative estimate of drug-likeness (QED) is 0.615. The maximum atomic E-state index is 15.8. The minimum absolute atomic E-state index is 0.247. The van der Waals surface area contributed by atoms with Crippen LogP contribution in [0.5, 0.6) is 0 Å². The predicted molar refractivity (Wildman–Crippen MR) is 78.4 cm³/mol. The smallest absolute Gasteiger partial charge is 0.342 e. The number of carboxylic acids is 1. The highest BCUT2D eigenvalue weighted by atomic mass is 19.1. The fraction of sp³-hybridized carbons (Fsp3) is 0.833. The van der Waals surface area contributed by atoms with Crippen molar-refractivity contribution in [3.05, 3.63) is 11.1 Å². The zero-order valence-corrected chi connectivity index (χ0v) is 13.3. The van der Waals surface area contributed by atoms with E-state index in [4.69, 9.17) is 0 Å². The van der Waals surface area contributed by atoms with Crippen LogP contribution in [0, 0.1) is 40.9 Å². The molecule has 4 aliphatic carbocycles. The minimum Gasteiger partial charge on any atom is -0.479 e. The van der Waals surface area contributed by atoms with Crippen molar-refractivity contribution in [3.63, 3.8) is 0 Å². The fourth-order valence-corrected chi connectivity index (χ4v) is 7.05. The molecule has 0 saturated heterocycles. The van der Waals surface area contributed by atoms with Gasteiger partial charge in [-0.2, -0.15) is 0 Å². The van der Waals surface area contributed by atoms with Crippen LogP contribution >= 0.6 is 0 Å². The van der Waals surface area contributed by atoms with Gasteiger partial charge in [-0.25, -0.2) is 9.18 Å². The number of hydrogen-bond donors (Lipinski definition) is 1. The molecule has 8 unspecified atom stereocenters. The van der Waals surface area contributed by atoms with E-state index >= 15 is 4.39 Å². The number of allylic oxidation sites excluding steroid dienone is 2. The van der Waals surface area contributed by atoms with Gasteiger partial charge in [-0.15, -0.1) is 0 Å². The molecule has 4 aliphatic rings. The van der Waals surface area contributed by atoms with Crippen LogP contribution in [0.3, 0.4) is 0 Å². The van der Waals surface area contributed by atoms with Gasteiger partial charge in [0.25, 0.3) is 0 Å². The molecule has 4 rings (SSSR count). The third-order valence-corrected chi connectivity index (χ3v) is 8.26. The Bertz CT molecular complexity index is 568. The minimum atomic E-state index is -2.02. The second-order valence-electron chi connectivity index (χ2n) is 8.21. The van der Waals surface area contributed by atoms with E-state index in [1.165, 1.54) is 11.1 Å². The van der Waals surface area contributed by atoms with Gasteiger partial charge in [0.15, 0.2) is 0 Å². The Labute approximate surface area is 125 Å². The lowest BCUT2D eigenvalue weighted by Crippen LogP contribution is -2.58. The van der Waals surface area contributed by atoms with Crippen LogP contribution in [-0.4, -0.2) is 16.7 Å². The first-order chi connectivity index (χ1) is 9.79. The molecule has 21 heavy (non-hydrogen) atoms. The Balaban J connectivity index is 1.85. The Morgan fingerprint density at radius 2 is 1.71 bits per heavy atom. The molecule has 0 aliphatic heterocycles. The summed E-state index contributed by atoms with van der Waals surface area (Å²) < 4.78 is 15.8. The molecule has 8 atom stereocenters. The summed E-state index contributed by atoms with van der Waals surface area (Å²) in [5.74, 6) is 0.634. The third-order valence-electron chi connectivity index (χ3n) is 8.26. The first-order valence-corrected chi connectivity index (χ1v) is 8.38. The van der Waals surface area contributed by atoms with E-state index in [0.29, 0.717) is 24.2 Å². The molecule has 0 heterocycles. The standard InChI is InChI=1S/C18H25FO2/c1-5-17(4)12-7-13(18(17,19)16(20)21)15-11-6-10(14(12)15)8(2)9(11)3/h10-15H,5-7H2,1-4H3,(H,20,21). The molecule has 1 N–H and O–H groups in total. The summed E-state index contributed by atoms with van der Waals surface area (Å²) in [4.78, 5) is 11.8. The van der Waals surface area contributed by atoms with Crippen molar-refractivity contribution in [1.82, 2.24) is 0 Å². The van der Waals surface area contributed by atoms with Gasteiger partial charge in [0.2, 0.25) is 5.67 Å². The van der Waals surface area contributed by atoms with Crippen LogP contribution in [0.1, 0.15) is 47.0 Å². The Morgan fingerprint density at radius 3 is 2.19 bits per heavy atom. The molecule has 116 valence electrons. The lowest BCUT2D eigenvalue weighted by Gasteiger charge is -2.51. The fourth-order valence-electron chi connectivity index (χ4n) is 7.05. The second-order valence-corrected chi connectivity index (χ2v) is 8.21. The molecule has 0 radical (unpaired) electrons. The number of carbonyl (C=O) groups is 1. The summed E-state index contributed by atoms with van der Waals surface area (Å²) in [6.07, 6.45) is 2.56. The highest BCUT2D eigenvalue weighted by Crippen LogP contribution is 2.76. The van der Waals surface area contributed by atoms with Crippen LogP contribution in [0.25, 0.3) is 0 Å². The molecular formula is C18H25FO2. The van der Waals surface area contributed by atoms with Gasteiger partial charge >= 0.3 is 5.97 Å². The first-order valence-electron chi connectivity index (χ1n) is 8.38. The van der Waals surface area contributed by atoms with E-state index in [1.54, 1.807) is 0 Å². The zero-order chi connectivity index (χ0) is 15.3. The molecule has 0 aromatic heterocycles. The van der Waals surface area contributed by atoms with Crippen LogP contribution in [0.4, 0.5) is 4.39 Å². The van der Waals surface area contributed by atoms with Crippen molar-refractivity contribution in [2.45, 2.75) is 52.6 Å². The molecule has 0 aromatic rings. The van der Waals surface area contributed by atoms with E-state index in [2.05, 4.69) is 13.8 Å². The normalized spacial score (nSPS) is 57.2. The molecule has 4 bridgehead atoms. The van der Waals surface area contributed by atoms with E-state index < -0.39 is 17.1 Å². The van der Waals surface area contributed by atoms with Gasteiger partial charge in [0.05, 0.1) is 0 Å². The molecule has 0 spiro atoms. The van der Waals surface area contributed by atoms with Crippen LogP contribution in [0.2, 0.25) is 0 Å². The maximum absolute atomic E-state index is 15.8. The highest BCUT2D eigenvalue weighted by Gasteiger charge is 2.78. The number of fused-ring (bicyclic) bond motifs is 9. The number of hydrogen-bond acceptors (Lipinski definition) is 1. The average Bonchev–Trinajstić information content (AvgIpc) is 3.12. The summed E-state index contributed by atoms with van der Waals surface area (Å²) in [7, 11) is 0. The number of carboxylic acid groups (broad SMARTS) is 1. The van der Waals surface area contributed by atoms with E-state index in [1.807, 2.05) is 13.8 Å². The van der Waals surface area contributed by atoms with Crippen molar-refractivity contribution < 1.29 is 14.3 Å². The van der Waals surface area contributed by atoms with E-state index in [0.717, 1.165) is 12.8 Å². The summed E-state index contributed by atoms with van der Waals surface area (Å²) in [6.45, 7) is 8.29. The lowest BCUT2D eigenvalue weighted by molar-refractivity contribution is -0.176. The SMILES string of the molecule is CCC1(C)C2CC(C3C4CC(C(C)=C4C)C32)C1(F)C(=O)O. The Morgan fingerprint density at radius 1 is 1.19 bits per heavy atom. The number of alkyl halides is 1. The summed E-state index contributed by atoms with van der Waals surface area (Å²) in [5, 5.41) is 9.68. The van der Waals surface area contributed by atoms with Crippen LogP contribution < -0.4 is 0 Å². The van der Waals surface area contributed by atoms with Crippen molar-refractivity contribution >= 4 is 5.97 Å². The topological polar surface area (TPSA) is 37.3 Å². The van der Waals surface area contributed by atoms with Gasteiger partial charge in [0.1, 0.15) is 0 Å². The summed E-state index contributed by atoms with van der Waals surface area (Å²) in [6, 6.07) is 0. The van der Waals surface area contributed by atoms with Gasteiger partial charge < -0.3 is 5.11 Å². The number of rotatable bonds is 2. The number of aliphatic carboxylic acids is 1. The van der Waals surface area contributed by atoms with Crippen molar-refractivity contribution in [3.8, 4) is 0 Å². The van der Waals surface area contributed by atoms with Crippen LogP contribution in [-0.2, 0) is 4.79 Å². The first kappa shape index (κ1) is 13.8. The van der Waals surface area contributed by atoms with Crippen molar-refractivity contribution in [1.29, 1.82) is 0 Å². The lowest BCUT2D eigenvalue weighted by atomic mass is 9.54. The zero-order valence-electron chi connectivity index (χ0n) is 13.3. The largest absolute Gasteiger partial charge is 0.479 e. The molecule has 3 saturated carbocycles. The maximum Gasteiger partial charge on any atom is 0.342 e. The molecule has 0 amide bonds. The van der Waals surface area contributed by atoms with Gasteiger partial charge in [0, 0.05) is 11.3 Å². The molecule has 3 heteroatoms. The summed E-state index contributed by atoms with van der Waals surface area (Å²) in [5.41, 5.74) is 0.238. The summed E-state index contributed by atoms with van der Waals surface area (Å²) >= 11 is 0. The Kier molecular flexibility index (Phi) is 2.44. The van der Waals surface area contributed by atoms with Gasteiger partial charge in [-0.3, -0.25) is 0 Å². The average molecular weight is 292 g/mol. The highest BCUT2D eigenvalue weighted by molar-refractivity contribution is 5.80.